The van der Waals surface area contributed by atoms with Crippen molar-refractivity contribution in [2.75, 3.05) is 0 Å². The lowest BCUT2D eigenvalue weighted by molar-refractivity contribution is 0.0980. The van der Waals surface area contributed by atoms with Crippen molar-refractivity contribution in [3.8, 4) is 11.8 Å². The molecule has 2 aromatic carbocycles. The van der Waals surface area contributed by atoms with Gasteiger partial charge in [-0.05, 0) is 43.1 Å². The number of aromatic nitrogens is 1. The quantitative estimate of drug-likeness (QED) is 0.413. The van der Waals surface area contributed by atoms with Gasteiger partial charge in [-0.2, -0.15) is 0 Å². The second-order valence-electron chi connectivity index (χ2n) is 6.27. The Balaban J connectivity index is 1.78. The molecule has 144 valence electrons. The molecule has 0 aliphatic rings. The molecular formula is C23H18N2O3S. The maximum Gasteiger partial charge on any atom is 0.264 e. The molecule has 29 heavy (non-hydrogen) atoms. The molecule has 0 saturated heterocycles. The van der Waals surface area contributed by atoms with E-state index in [2.05, 4.69) is 27.4 Å². The van der Waals surface area contributed by atoms with E-state index in [9.17, 15) is 13.8 Å². The number of nitrogens with one attached hydrogen (secondary N) is 1. The van der Waals surface area contributed by atoms with Gasteiger partial charge in [0.05, 0.1) is 15.3 Å². The minimum Gasteiger partial charge on any atom is -0.295 e. The second kappa shape index (κ2) is 8.55. The van der Waals surface area contributed by atoms with Gasteiger partial charge in [-0.25, -0.2) is 4.21 Å². The summed E-state index contributed by atoms with van der Waals surface area (Å²) >= 11 is 0. The fourth-order valence-electron chi connectivity index (χ4n) is 2.47. The Morgan fingerprint density at radius 2 is 1.59 bits per heavy atom. The number of rotatable bonds is 4. The van der Waals surface area contributed by atoms with Crippen LogP contribution in [0.5, 0.6) is 0 Å². The minimum absolute atomic E-state index is 0.00933. The lowest BCUT2D eigenvalue weighted by atomic mass is 10.1. The average Bonchev–Trinajstić information content (AvgIpc) is 2.73. The maximum absolute atomic E-state index is 12.7. The Labute approximate surface area is 170 Å². The van der Waals surface area contributed by atoms with Gasteiger partial charge in [0.25, 0.3) is 5.91 Å². The number of hydrogen-bond donors (Lipinski definition) is 1. The van der Waals surface area contributed by atoms with E-state index >= 15 is 0 Å². The van der Waals surface area contributed by atoms with Crippen molar-refractivity contribution in [2.24, 2.45) is 0 Å². The van der Waals surface area contributed by atoms with Gasteiger partial charge in [0.1, 0.15) is 0 Å². The van der Waals surface area contributed by atoms with Crippen LogP contribution in [0.1, 0.15) is 38.8 Å². The van der Waals surface area contributed by atoms with E-state index in [4.69, 9.17) is 0 Å². The highest BCUT2D eigenvalue weighted by Gasteiger charge is 2.13. The Hall–Kier alpha value is -3.69. The largest absolute Gasteiger partial charge is 0.295 e. The van der Waals surface area contributed by atoms with Gasteiger partial charge in [0.2, 0.25) is 0 Å². The molecule has 3 aromatic rings. The van der Waals surface area contributed by atoms with Crippen LogP contribution < -0.4 is 4.72 Å². The first-order valence-corrected chi connectivity index (χ1v) is 10.4. The van der Waals surface area contributed by atoms with E-state index in [1.165, 1.54) is 19.3 Å². The number of amides is 1. The molecular weight excluding hydrogens is 384 g/mol. The first kappa shape index (κ1) is 20.1. The van der Waals surface area contributed by atoms with Crippen molar-refractivity contribution in [1.82, 2.24) is 9.71 Å². The lowest BCUT2D eigenvalue weighted by Crippen LogP contribution is -2.30. The fraction of sp³-hybridized carbons (Fsp3) is 0.0435. The van der Waals surface area contributed by atoms with Crippen molar-refractivity contribution in [1.29, 1.82) is 0 Å². The van der Waals surface area contributed by atoms with Gasteiger partial charge in [-0.3, -0.25) is 19.3 Å². The zero-order valence-electron chi connectivity index (χ0n) is 15.7. The Kier molecular flexibility index (Phi) is 5.91. The normalized spacial score (nSPS) is 12.2. The number of hydrogen-bond acceptors (Lipinski definition) is 4. The third-order valence-corrected chi connectivity index (χ3v) is 5.57. The summed E-state index contributed by atoms with van der Waals surface area (Å²) in [4.78, 5) is 28.3. The highest BCUT2D eigenvalue weighted by atomic mass is 32.2. The predicted molar refractivity (Wildman–Crippen MR) is 114 cm³/mol. The highest BCUT2D eigenvalue weighted by Crippen LogP contribution is 2.10. The molecule has 1 aromatic heterocycles. The predicted octanol–water partition coefficient (Wildman–Crippen LogP) is 3.10. The molecule has 0 aliphatic carbocycles. The lowest BCUT2D eigenvalue weighted by Gasteiger charge is -2.11. The van der Waals surface area contributed by atoms with E-state index in [1.807, 2.05) is 0 Å². The van der Waals surface area contributed by atoms with Gasteiger partial charge in [0.15, 0.2) is 5.78 Å². The standard InChI is InChI=1S/C23H18N2O3S/c1-17(26)20-12-10-18(11-13-20)8-9-19-14-21(16-24-15-19)23(27)25-29(2,28)22-6-4-3-5-7-22/h3-7,10-16H,2H2,1H3,(H,25,27,28). The average molecular weight is 402 g/mol. The van der Waals surface area contributed by atoms with Crippen LogP contribution in [0.2, 0.25) is 0 Å². The number of benzene rings is 2. The van der Waals surface area contributed by atoms with Crippen molar-refractivity contribution in [2.45, 2.75) is 11.8 Å². The number of carbonyl (C=O) groups is 2. The van der Waals surface area contributed by atoms with Crippen molar-refractivity contribution < 1.29 is 13.8 Å². The number of carbonyl (C=O) groups excluding carboxylic acids is 2. The minimum atomic E-state index is -2.98. The number of ketones is 1. The van der Waals surface area contributed by atoms with E-state index in [-0.39, 0.29) is 11.3 Å². The van der Waals surface area contributed by atoms with Crippen molar-refractivity contribution >= 4 is 27.3 Å². The topological polar surface area (TPSA) is 76.1 Å². The molecule has 6 heteroatoms. The van der Waals surface area contributed by atoms with Crippen LogP contribution >= 0.6 is 0 Å². The van der Waals surface area contributed by atoms with E-state index in [1.54, 1.807) is 60.7 Å². The molecule has 0 saturated carbocycles. The summed E-state index contributed by atoms with van der Waals surface area (Å²) in [5, 5.41) is 0. The van der Waals surface area contributed by atoms with Gasteiger partial charge >= 0.3 is 0 Å². The smallest absolute Gasteiger partial charge is 0.264 e. The van der Waals surface area contributed by atoms with Gasteiger partial charge in [-0.1, -0.05) is 42.2 Å². The van der Waals surface area contributed by atoms with E-state index in [0.717, 1.165) is 5.56 Å². The molecule has 0 spiro atoms. The zero-order valence-corrected chi connectivity index (χ0v) is 16.5. The van der Waals surface area contributed by atoms with Crippen LogP contribution in [0.4, 0.5) is 0 Å². The van der Waals surface area contributed by atoms with Crippen molar-refractivity contribution in [3.05, 3.63) is 95.3 Å². The Morgan fingerprint density at radius 3 is 2.24 bits per heavy atom. The molecule has 0 radical (unpaired) electrons. The van der Waals surface area contributed by atoms with Crippen molar-refractivity contribution in [3.63, 3.8) is 0 Å². The third-order valence-electron chi connectivity index (χ3n) is 4.02. The van der Waals surface area contributed by atoms with Gasteiger partial charge in [0, 0.05) is 34.0 Å². The van der Waals surface area contributed by atoms with Crippen LogP contribution in [0.15, 0.2) is 78.0 Å². The van der Waals surface area contributed by atoms with Crippen LogP contribution in [-0.2, 0) is 9.71 Å². The molecule has 5 nitrogen and oxygen atoms in total. The monoisotopic (exact) mass is 402 g/mol. The Bertz CT molecular complexity index is 1220. The van der Waals surface area contributed by atoms with Crippen LogP contribution in [-0.4, -0.2) is 26.8 Å². The third kappa shape index (κ3) is 5.18. The summed E-state index contributed by atoms with van der Waals surface area (Å²) < 4.78 is 15.2. The summed E-state index contributed by atoms with van der Waals surface area (Å²) in [5.41, 5.74) is 2.11. The highest BCUT2D eigenvalue weighted by molar-refractivity contribution is 7.99. The molecule has 1 N–H and O–H groups in total. The summed E-state index contributed by atoms with van der Waals surface area (Å²) in [6.45, 7) is 1.50. The van der Waals surface area contributed by atoms with Crippen LogP contribution in [0, 0.1) is 11.8 Å². The summed E-state index contributed by atoms with van der Waals surface area (Å²) in [6.07, 6.45) is 2.91. The van der Waals surface area contributed by atoms with Crippen LogP contribution in [0.3, 0.4) is 0 Å². The summed E-state index contributed by atoms with van der Waals surface area (Å²) in [6, 6.07) is 17.0. The first-order chi connectivity index (χ1) is 13.8. The summed E-state index contributed by atoms with van der Waals surface area (Å²) in [5.74, 6) is 8.99. The molecule has 1 amide bonds. The molecule has 1 atom stereocenters. The van der Waals surface area contributed by atoms with E-state index in [0.29, 0.717) is 16.0 Å². The number of nitrogens with zero attached hydrogens (tertiary/aromatic N) is 1. The van der Waals surface area contributed by atoms with Crippen LogP contribution in [0.25, 0.3) is 0 Å². The summed E-state index contributed by atoms with van der Waals surface area (Å²) in [7, 11) is -2.98. The molecule has 3 rings (SSSR count). The molecule has 1 heterocycles. The Morgan fingerprint density at radius 1 is 0.931 bits per heavy atom. The SMILES string of the molecule is C=S(=O)(NC(=O)c1cncc(C#Cc2ccc(C(C)=O)cc2)c1)c1ccccc1. The number of Topliss-reactive ketones (excluding diaryl/α,β-unsaturated/α-hetero) is 1. The van der Waals surface area contributed by atoms with Gasteiger partial charge < -0.3 is 0 Å². The van der Waals surface area contributed by atoms with E-state index < -0.39 is 15.6 Å². The maximum atomic E-state index is 12.7. The zero-order chi connectivity index (χ0) is 20.9. The molecule has 0 aliphatic heterocycles. The van der Waals surface area contributed by atoms with Gasteiger partial charge in [-0.15, -0.1) is 0 Å². The fourth-order valence-corrected chi connectivity index (χ4v) is 3.60. The number of pyridine rings is 1. The first-order valence-electron chi connectivity index (χ1n) is 8.67. The second-order valence-corrected chi connectivity index (χ2v) is 8.29. The molecule has 1 unspecified atom stereocenters. The molecule has 0 bridgehead atoms. The molecule has 0 fully saturated rings.